The lowest BCUT2D eigenvalue weighted by atomic mass is 10.2. The van der Waals surface area contributed by atoms with Crippen LogP contribution in [-0.4, -0.2) is 14.9 Å². The summed E-state index contributed by atoms with van der Waals surface area (Å²) in [6, 6.07) is 4.81. The third-order valence-electron chi connectivity index (χ3n) is 2.54. The first kappa shape index (κ1) is 15.0. The fourth-order valence-electron chi connectivity index (χ4n) is 1.64. The van der Waals surface area contributed by atoms with Crippen LogP contribution in [0.2, 0.25) is 10.0 Å². The highest BCUT2D eigenvalue weighted by molar-refractivity contribution is 6.37. The van der Waals surface area contributed by atoms with Gasteiger partial charge in [-0.2, -0.15) is 0 Å². The van der Waals surface area contributed by atoms with Gasteiger partial charge in [-0.25, -0.2) is 4.79 Å². The molecule has 0 aliphatic rings. The lowest BCUT2D eigenvalue weighted by Gasteiger charge is -2.01. The van der Waals surface area contributed by atoms with E-state index in [0.29, 0.717) is 15.6 Å². The zero-order valence-corrected chi connectivity index (χ0v) is 11.7. The Bertz CT molecular complexity index is 834. The smallest absolute Gasteiger partial charge is 0.301 e. The van der Waals surface area contributed by atoms with Gasteiger partial charge < -0.3 is 4.98 Å². The topological polar surface area (TPSA) is 109 Å². The minimum absolute atomic E-state index is 0.246. The van der Waals surface area contributed by atoms with Crippen LogP contribution in [0.1, 0.15) is 11.3 Å². The molecule has 1 heterocycles. The van der Waals surface area contributed by atoms with Crippen molar-refractivity contribution in [3.05, 3.63) is 70.5 Å². The number of nitrogens with zero attached hydrogens (tertiary/aromatic N) is 1. The zero-order valence-electron chi connectivity index (χ0n) is 10.2. The normalized spacial score (nSPS) is 11.0. The third kappa shape index (κ3) is 3.21. The lowest BCUT2D eigenvalue weighted by Crippen LogP contribution is -2.25. The molecule has 0 spiro atoms. The number of nitrogens with one attached hydrogen (secondary N) is 2. The Labute approximate surface area is 127 Å². The van der Waals surface area contributed by atoms with Gasteiger partial charge in [0, 0.05) is 15.6 Å². The Morgan fingerprint density at radius 2 is 1.71 bits per heavy atom. The monoisotopic (exact) mass is 327 g/mol. The summed E-state index contributed by atoms with van der Waals surface area (Å²) in [5.41, 5.74) is -2.54. The number of aromatic amines is 2. The van der Waals surface area contributed by atoms with Crippen molar-refractivity contribution in [3.8, 4) is 0 Å². The Balaban J connectivity index is 2.59. The van der Waals surface area contributed by atoms with Crippen molar-refractivity contribution in [2.24, 2.45) is 0 Å². The molecule has 21 heavy (non-hydrogen) atoms. The van der Waals surface area contributed by atoms with Crippen LogP contribution in [0.5, 0.6) is 0 Å². The van der Waals surface area contributed by atoms with E-state index < -0.39 is 21.9 Å². The van der Waals surface area contributed by atoms with Gasteiger partial charge in [0.2, 0.25) is 0 Å². The second-order valence-electron chi connectivity index (χ2n) is 3.90. The Hall–Kier alpha value is -2.38. The minimum atomic E-state index is -1.09. The average Bonchev–Trinajstić information content (AvgIpc) is 2.36. The number of H-pyrrole nitrogens is 2. The molecule has 1 aromatic heterocycles. The molecule has 2 rings (SSSR count). The molecule has 0 unspecified atom stereocenters. The SMILES string of the molecule is O=c1[nH]c(C=Cc2c(Cl)cccc2Cl)c([N+](=O)[O-])c(=O)[nH]1. The lowest BCUT2D eigenvalue weighted by molar-refractivity contribution is -0.386. The van der Waals surface area contributed by atoms with Gasteiger partial charge >= 0.3 is 16.9 Å². The van der Waals surface area contributed by atoms with E-state index in [1.165, 1.54) is 12.2 Å². The maximum absolute atomic E-state index is 11.4. The van der Waals surface area contributed by atoms with E-state index in [2.05, 4.69) is 4.98 Å². The molecule has 0 amide bonds. The van der Waals surface area contributed by atoms with Crippen LogP contribution in [0.25, 0.3) is 12.2 Å². The fourth-order valence-corrected chi connectivity index (χ4v) is 2.16. The first-order chi connectivity index (χ1) is 9.90. The van der Waals surface area contributed by atoms with E-state index in [4.69, 9.17) is 23.2 Å². The van der Waals surface area contributed by atoms with E-state index in [-0.39, 0.29) is 5.69 Å². The van der Waals surface area contributed by atoms with E-state index in [1.807, 2.05) is 0 Å². The van der Waals surface area contributed by atoms with Gasteiger partial charge in [0.1, 0.15) is 5.69 Å². The minimum Gasteiger partial charge on any atom is -0.301 e. The summed E-state index contributed by atoms with van der Waals surface area (Å²) in [5, 5.41) is 11.5. The predicted molar refractivity (Wildman–Crippen MR) is 79.7 cm³/mol. The second kappa shape index (κ2) is 5.94. The van der Waals surface area contributed by atoms with Crippen LogP contribution in [0.15, 0.2) is 27.8 Å². The van der Waals surface area contributed by atoms with Gasteiger partial charge in [0.15, 0.2) is 0 Å². The molecular formula is C12H7Cl2N3O4. The largest absolute Gasteiger partial charge is 0.357 e. The molecule has 0 aliphatic carbocycles. The fraction of sp³-hybridized carbons (Fsp3) is 0. The molecule has 0 atom stereocenters. The molecule has 2 N–H and O–H groups in total. The van der Waals surface area contributed by atoms with Crippen molar-refractivity contribution in [3.63, 3.8) is 0 Å². The van der Waals surface area contributed by atoms with Gasteiger partial charge in [-0.05, 0) is 24.3 Å². The van der Waals surface area contributed by atoms with Crippen LogP contribution < -0.4 is 11.2 Å². The molecule has 7 nitrogen and oxygen atoms in total. The van der Waals surface area contributed by atoms with E-state index in [1.54, 1.807) is 23.2 Å². The molecule has 108 valence electrons. The Morgan fingerprint density at radius 3 is 2.29 bits per heavy atom. The first-order valence-corrected chi connectivity index (χ1v) is 6.29. The van der Waals surface area contributed by atoms with Crippen LogP contribution in [0.3, 0.4) is 0 Å². The first-order valence-electron chi connectivity index (χ1n) is 5.53. The molecular weight excluding hydrogens is 321 g/mol. The summed E-state index contributed by atoms with van der Waals surface area (Å²) >= 11 is 11.9. The van der Waals surface area contributed by atoms with Crippen molar-refractivity contribution >= 4 is 41.0 Å². The predicted octanol–water partition coefficient (Wildman–Crippen LogP) is 2.45. The standard InChI is InChI=1S/C12H7Cl2N3O4/c13-7-2-1-3-8(14)6(7)4-5-9-10(17(20)21)11(18)16-12(19)15-9/h1-5H,(H2,15,16,18,19). The molecule has 0 aliphatic heterocycles. The van der Waals surface area contributed by atoms with E-state index in [9.17, 15) is 19.7 Å². The van der Waals surface area contributed by atoms with Crippen molar-refractivity contribution in [2.75, 3.05) is 0 Å². The summed E-state index contributed by atoms with van der Waals surface area (Å²) < 4.78 is 0. The Kier molecular flexibility index (Phi) is 4.25. The maximum Gasteiger partial charge on any atom is 0.357 e. The highest BCUT2D eigenvalue weighted by Crippen LogP contribution is 2.26. The molecule has 2 aromatic rings. The number of aromatic nitrogens is 2. The van der Waals surface area contributed by atoms with Crippen LogP contribution in [0.4, 0.5) is 5.69 Å². The molecule has 0 radical (unpaired) electrons. The molecule has 9 heteroatoms. The van der Waals surface area contributed by atoms with E-state index >= 15 is 0 Å². The van der Waals surface area contributed by atoms with Crippen LogP contribution in [0, 0.1) is 10.1 Å². The number of benzene rings is 1. The number of rotatable bonds is 3. The second-order valence-corrected chi connectivity index (χ2v) is 4.71. The summed E-state index contributed by atoms with van der Waals surface area (Å²) in [4.78, 5) is 36.6. The van der Waals surface area contributed by atoms with Crippen molar-refractivity contribution < 1.29 is 4.92 Å². The van der Waals surface area contributed by atoms with Gasteiger partial charge in [-0.3, -0.25) is 19.9 Å². The zero-order chi connectivity index (χ0) is 15.6. The summed E-state index contributed by atoms with van der Waals surface area (Å²) in [5.74, 6) is 0. The van der Waals surface area contributed by atoms with E-state index in [0.717, 1.165) is 0 Å². The highest BCUT2D eigenvalue weighted by atomic mass is 35.5. The van der Waals surface area contributed by atoms with Crippen molar-refractivity contribution in [1.82, 2.24) is 9.97 Å². The van der Waals surface area contributed by atoms with Gasteiger partial charge in [-0.1, -0.05) is 29.3 Å². The summed E-state index contributed by atoms with van der Waals surface area (Å²) in [6.07, 6.45) is 2.57. The molecule has 0 saturated carbocycles. The van der Waals surface area contributed by atoms with Gasteiger partial charge in [-0.15, -0.1) is 0 Å². The number of nitro groups is 1. The van der Waals surface area contributed by atoms with Crippen LogP contribution in [-0.2, 0) is 0 Å². The van der Waals surface area contributed by atoms with Crippen LogP contribution >= 0.6 is 23.2 Å². The summed E-state index contributed by atoms with van der Waals surface area (Å²) in [6.45, 7) is 0. The Morgan fingerprint density at radius 1 is 1.10 bits per heavy atom. The molecule has 0 fully saturated rings. The van der Waals surface area contributed by atoms with Gasteiger partial charge in [0.05, 0.1) is 4.92 Å². The number of halogens is 2. The average molecular weight is 328 g/mol. The molecule has 0 saturated heterocycles. The molecule has 1 aromatic carbocycles. The number of hydrogen-bond donors (Lipinski definition) is 2. The maximum atomic E-state index is 11.4. The number of hydrogen-bond acceptors (Lipinski definition) is 4. The summed E-state index contributed by atoms with van der Waals surface area (Å²) in [7, 11) is 0. The third-order valence-corrected chi connectivity index (χ3v) is 3.20. The highest BCUT2D eigenvalue weighted by Gasteiger charge is 2.18. The molecule has 0 bridgehead atoms. The van der Waals surface area contributed by atoms with Gasteiger partial charge in [0.25, 0.3) is 0 Å². The van der Waals surface area contributed by atoms with Crippen molar-refractivity contribution in [1.29, 1.82) is 0 Å². The van der Waals surface area contributed by atoms with Crippen molar-refractivity contribution in [2.45, 2.75) is 0 Å². The quantitative estimate of drug-likeness (QED) is 0.666.